The van der Waals surface area contributed by atoms with E-state index in [1.165, 1.54) is 58.6 Å². The summed E-state index contributed by atoms with van der Waals surface area (Å²) in [6.07, 6.45) is 0. The molecule has 0 aliphatic rings. The minimum absolute atomic E-state index is 0.630. The number of hydrogen-bond donors (Lipinski definition) is 0. The van der Waals surface area contributed by atoms with Crippen LogP contribution in [0.25, 0.3) is 120 Å². The summed E-state index contributed by atoms with van der Waals surface area (Å²) >= 11 is 1.88. The van der Waals surface area contributed by atoms with Gasteiger partial charge < -0.3 is 9.13 Å². The monoisotopic (exact) mass is 821 g/mol. The fourth-order valence-electron chi connectivity index (χ4n) is 9.50. The molecule has 0 atom stereocenters. The van der Waals surface area contributed by atoms with E-state index < -0.39 is 0 Å². The predicted octanol–water partition coefficient (Wildman–Crippen LogP) is 15.1. The second-order valence-electron chi connectivity index (χ2n) is 16.0. The number of thiophene rings is 1. The molecule has 0 saturated carbocycles. The van der Waals surface area contributed by atoms with Crippen molar-refractivity contribution in [3.05, 3.63) is 212 Å². The zero-order valence-corrected chi connectivity index (χ0v) is 34.7. The van der Waals surface area contributed by atoms with Crippen molar-refractivity contribution in [2.75, 3.05) is 0 Å². The van der Waals surface area contributed by atoms with Crippen LogP contribution in [0.3, 0.4) is 0 Å². The van der Waals surface area contributed by atoms with Gasteiger partial charge in [0.15, 0.2) is 17.5 Å². The molecule has 0 aliphatic carbocycles. The molecular weight excluding hydrogens is 787 g/mol. The van der Waals surface area contributed by atoms with Crippen molar-refractivity contribution in [2.45, 2.75) is 0 Å². The summed E-state index contributed by atoms with van der Waals surface area (Å²) in [5.74, 6) is 1.90. The average Bonchev–Trinajstić information content (AvgIpc) is 4.02. The topological polar surface area (TPSA) is 48.5 Å². The minimum atomic E-state index is 0.630. The standard InChI is InChI=1S/C57H35N5S/c1-4-16-36(17-5-1)38-20-14-21-39(34-38)56-58-55(37-18-6-2-7-19-37)59-57(60-56)40-30-33-50-47(35-40)44-31-32-46-45-26-15-29-51(53(45)63-54(46)52(44)61(50)41-22-8-3-9-23-41)62-48-27-12-10-24-42(48)43-25-11-13-28-49(43)62/h1-35H. The second kappa shape index (κ2) is 14.2. The SMILES string of the molecule is c1ccc(-c2cccc(-c3nc(-c4ccccc4)nc(-c4ccc5c(c4)c4ccc6c7cccc(-n8c9ccccc9c9ccccc98)c7sc6c4n5-c4ccccc4)n3)c2)cc1. The van der Waals surface area contributed by atoms with Crippen LogP contribution in [0.4, 0.5) is 0 Å². The number of hydrogen-bond acceptors (Lipinski definition) is 4. The van der Waals surface area contributed by atoms with E-state index in [9.17, 15) is 0 Å². The number of aromatic nitrogens is 5. The van der Waals surface area contributed by atoms with E-state index in [0.29, 0.717) is 17.5 Å². The van der Waals surface area contributed by atoms with Crippen molar-refractivity contribution in [3.63, 3.8) is 0 Å². The molecule has 6 heteroatoms. The Labute approximate surface area is 366 Å². The Morgan fingerprint density at radius 1 is 0.302 bits per heavy atom. The van der Waals surface area contributed by atoms with Crippen LogP contribution in [0.2, 0.25) is 0 Å². The zero-order chi connectivity index (χ0) is 41.4. The molecule has 0 amide bonds. The van der Waals surface area contributed by atoms with Crippen LogP contribution in [0.15, 0.2) is 212 Å². The summed E-state index contributed by atoms with van der Waals surface area (Å²) in [5.41, 5.74) is 12.1. The van der Waals surface area contributed by atoms with E-state index in [2.05, 4.69) is 197 Å². The summed E-state index contributed by atoms with van der Waals surface area (Å²) < 4.78 is 7.41. The molecule has 0 aliphatic heterocycles. The third-order valence-electron chi connectivity index (χ3n) is 12.4. The lowest BCUT2D eigenvalue weighted by Crippen LogP contribution is -2.00. The Morgan fingerprint density at radius 2 is 0.810 bits per heavy atom. The highest BCUT2D eigenvalue weighted by atomic mass is 32.1. The molecule has 0 radical (unpaired) electrons. The van der Waals surface area contributed by atoms with E-state index in [0.717, 1.165) is 44.4 Å². The summed E-state index contributed by atoms with van der Waals surface area (Å²) in [6.45, 7) is 0. The Kier molecular flexibility index (Phi) is 8.01. The van der Waals surface area contributed by atoms with E-state index in [-0.39, 0.29) is 0 Å². The zero-order valence-electron chi connectivity index (χ0n) is 33.9. The Bertz CT molecular complexity index is 3850. The fraction of sp³-hybridized carbons (Fsp3) is 0. The van der Waals surface area contributed by atoms with Crippen molar-refractivity contribution in [1.82, 2.24) is 24.1 Å². The highest BCUT2D eigenvalue weighted by Crippen LogP contribution is 2.46. The molecule has 63 heavy (non-hydrogen) atoms. The molecule has 0 saturated heterocycles. The smallest absolute Gasteiger partial charge is 0.164 e. The first-order valence-electron chi connectivity index (χ1n) is 21.2. The van der Waals surface area contributed by atoms with Gasteiger partial charge in [-0.2, -0.15) is 0 Å². The largest absolute Gasteiger partial charge is 0.308 e. The second-order valence-corrected chi connectivity index (χ2v) is 17.0. The first kappa shape index (κ1) is 35.6. The molecule has 4 aromatic heterocycles. The highest BCUT2D eigenvalue weighted by molar-refractivity contribution is 7.27. The molecule has 0 bridgehead atoms. The van der Waals surface area contributed by atoms with Gasteiger partial charge >= 0.3 is 0 Å². The molecule has 0 unspecified atom stereocenters. The van der Waals surface area contributed by atoms with Crippen LogP contribution in [0.5, 0.6) is 0 Å². The molecule has 0 spiro atoms. The number of benzene rings is 9. The van der Waals surface area contributed by atoms with Crippen molar-refractivity contribution < 1.29 is 0 Å². The van der Waals surface area contributed by atoms with Crippen LogP contribution < -0.4 is 0 Å². The molecule has 13 aromatic rings. The van der Waals surface area contributed by atoms with Gasteiger partial charge in [0.2, 0.25) is 0 Å². The van der Waals surface area contributed by atoms with Crippen molar-refractivity contribution in [2.24, 2.45) is 0 Å². The lowest BCUT2D eigenvalue weighted by Gasteiger charge is -2.10. The number of para-hydroxylation sites is 3. The van der Waals surface area contributed by atoms with Gasteiger partial charge in [0, 0.05) is 54.7 Å². The van der Waals surface area contributed by atoms with E-state index in [1.807, 2.05) is 35.6 Å². The first-order valence-corrected chi connectivity index (χ1v) is 22.0. The quantitative estimate of drug-likeness (QED) is 0.168. The molecule has 13 rings (SSSR count). The van der Waals surface area contributed by atoms with Crippen LogP contribution in [-0.4, -0.2) is 24.1 Å². The van der Waals surface area contributed by atoms with Gasteiger partial charge in [0.1, 0.15) is 0 Å². The molecule has 9 aromatic carbocycles. The molecule has 0 N–H and O–H groups in total. The van der Waals surface area contributed by atoms with E-state index >= 15 is 0 Å². The van der Waals surface area contributed by atoms with E-state index in [1.54, 1.807) is 0 Å². The maximum atomic E-state index is 5.21. The van der Waals surface area contributed by atoms with E-state index in [4.69, 9.17) is 15.0 Å². The van der Waals surface area contributed by atoms with Crippen LogP contribution in [-0.2, 0) is 0 Å². The lowest BCUT2D eigenvalue weighted by molar-refractivity contribution is 1.07. The average molecular weight is 822 g/mol. The molecular formula is C57H35N5S. The van der Waals surface area contributed by atoms with Gasteiger partial charge in [-0.3, -0.25) is 0 Å². The summed E-state index contributed by atoms with van der Waals surface area (Å²) in [6, 6.07) is 75.4. The predicted molar refractivity (Wildman–Crippen MR) is 263 cm³/mol. The van der Waals surface area contributed by atoms with Gasteiger partial charge in [-0.1, -0.05) is 158 Å². The number of fused-ring (bicyclic) bond motifs is 10. The van der Waals surface area contributed by atoms with Crippen LogP contribution >= 0.6 is 11.3 Å². The Balaban J connectivity index is 1.05. The van der Waals surface area contributed by atoms with Crippen LogP contribution in [0.1, 0.15) is 0 Å². The molecule has 0 fully saturated rings. The minimum Gasteiger partial charge on any atom is -0.308 e. The summed E-state index contributed by atoms with van der Waals surface area (Å²) in [7, 11) is 0. The molecule has 294 valence electrons. The van der Waals surface area contributed by atoms with Crippen LogP contribution in [0, 0.1) is 0 Å². The van der Waals surface area contributed by atoms with Gasteiger partial charge in [-0.05, 0) is 65.7 Å². The third-order valence-corrected chi connectivity index (χ3v) is 13.6. The van der Waals surface area contributed by atoms with Gasteiger partial charge in [0.05, 0.1) is 37.2 Å². The molecule has 4 heterocycles. The van der Waals surface area contributed by atoms with Crippen molar-refractivity contribution in [1.29, 1.82) is 0 Å². The van der Waals surface area contributed by atoms with Gasteiger partial charge in [-0.15, -0.1) is 11.3 Å². The first-order chi connectivity index (χ1) is 31.2. The fourth-order valence-corrected chi connectivity index (χ4v) is 10.8. The van der Waals surface area contributed by atoms with Gasteiger partial charge in [-0.25, -0.2) is 15.0 Å². The summed E-state index contributed by atoms with van der Waals surface area (Å²) in [5, 5.41) is 7.34. The molecule has 5 nitrogen and oxygen atoms in total. The normalized spacial score (nSPS) is 11.8. The Hall–Kier alpha value is -8.19. The Morgan fingerprint density at radius 3 is 1.52 bits per heavy atom. The van der Waals surface area contributed by atoms with Gasteiger partial charge in [0.25, 0.3) is 0 Å². The number of rotatable bonds is 6. The highest BCUT2D eigenvalue weighted by Gasteiger charge is 2.22. The summed E-state index contributed by atoms with van der Waals surface area (Å²) in [4.78, 5) is 15.4. The lowest BCUT2D eigenvalue weighted by atomic mass is 10.0. The van der Waals surface area contributed by atoms with Crippen molar-refractivity contribution >= 4 is 75.1 Å². The maximum absolute atomic E-state index is 5.21. The maximum Gasteiger partial charge on any atom is 0.164 e. The van der Waals surface area contributed by atoms with Crippen molar-refractivity contribution in [3.8, 4) is 56.7 Å². The third kappa shape index (κ3) is 5.66. The number of nitrogens with zero attached hydrogens (tertiary/aromatic N) is 5.